The first kappa shape index (κ1) is 19.6. The van der Waals surface area contributed by atoms with Crippen molar-refractivity contribution in [3.63, 3.8) is 0 Å². The third-order valence-electron chi connectivity index (χ3n) is 5.21. The van der Waals surface area contributed by atoms with Gasteiger partial charge in [0, 0.05) is 29.7 Å². The molecule has 4 rings (SSSR count). The average molecular weight is 408 g/mol. The van der Waals surface area contributed by atoms with Crippen LogP contribution in [0.4, 0.5) is 5.69 Å². The summed E-state index contributed by atoms with van der Waals surface area (Å²) in [5, 5.41) is 12.6. The second kappa shape index (κ2) is 8.78. The molecule has 1 atom stereocenters. The lowest BCUT2D eigenvalue weighted by atomic mass is 9.97. The van der Waals surface area contributed by atoms with Gasteiger partial charge in [0.25, 0.3) is 0 Å². The Labute approximate surface area is 175 Å². The summed E-state index contributed by atoms with van der Waals surface area (Å²) in [5.41, 5.74) is 3.02. The molecule has 1 amide bonds. The molecule has 1 saturated carbocycles. The largest absolute Gasteiger partial charge is 0.325 e. The molecular formula is C22H25N5OS. The molecule has 7 heteroatoms. The number of nitrogens with zero attached hydrogens (tertiary/aromatic N) is 4. The zero-order chi connectivity index (χ0) is 20.2. The molecule has 1 fully saturated rings. The second-order valence-corrected chi connectivity index (χ2v) is 8.32. The number of carbonyl (C=O) groups excluding carboxylic acids is 1. The van der Waals surface area contributed by atoms with E-state index in [1.165, 1.54) is 17.3 Å². The van der Waals surface area contributed by atoms with Crippen LogP contribution in [0.15, 0.2) is 53.9 Å². The number of aromatic nitrogens is 4. The highest BCUT2D eigenvalue weighted by atomic mass is 32.2. The minimum Gasteiger partial charge on any atom is -0.325 e. The molecule has 2 heterocycles. The minimum atomic E-state index is -0.0287. The van der Waals surface area contributed by atoms with E-state index in [1.54, 1.807) is 12.4 Å². The van der Waals surface area contributed by atoms with Gasteiger partial charge in [-0.2, -0.15) is 0 Å². The van der Waals surface area contributed by atoms with Gasteiger partial charge in [0.2, 0.25) is 5.91 Å². The minimum absolute atomic E-state index is 0.0287. The Morgan fingerprint density at radius 1 is 1.24 bits per heavy atom. The Kier molecular flexibility index (Phi) is 5.94. The number of carbonyl (C=O) groups is 1. The topological polar surface area (TPSA) is 72.7 Å². The maximum atomic E-state index is 12.6. The van der Waals surface area contributed by atoms with E-state index in [4.69, 9.17) is 0 Å². The van der Waals surface area contributed by atoms with Gasteiger partial charge < -0.3 is 5.32 Å². The predicted molar refractivity (Wildman–Crippen MR) is 116 cm³/mol. The molecule has 150 valence electrons. The monoisotopic (exact) mass is 407 g/mol. The van der Waals surface area contributed by atoms with Crippen molar-refractivity contribution in [1.29, 1.82) is 0 Å². The first-order valence-corrected chi connectivity index (χ1v) is 11.0. The summed E-state index contributed by atoms with van der Waals surface area (Å²) in [5.74, 6) is 1.50. The van der Waals surface area contributed by atoms with Gasteiger partial charge in [0.05, 0.1) is 5.75 Å². The number of hydrogen-bond donors (Lipinski definition) is 1. The van der Waals surface area contributed by atoms with E-state index < -0.39 is 0 Å². The Morgan fingerprint density at radius 3 is 2.79 bits per heavy atom. The zero-order valence-corrected chi connectivity index (χ0v) is 17.5. The third kappa shape index (κ3) is 4.50. The predicted octanol–water partition coefficient (Wildman–Crippen LogP) is 4.92. The quantitative estimate of drug-likeness (QED) is 0.537. The SMILES string of the molecule is CC[C@@H](C)c1ccccc1NC(=O)CSc1nnc(-c2cccnc2)n1C1CC1. The number of para-hydroxylation sites is 1. The van der Waals surface area contributed by atoms with E-state index >= 15 is 0 Å². The fraction of sp³-hybridized carbons (Fsp3) is 0.364. The van der Waals surface area contributed by atoms with Gasteiger partial charge in [0.15, 0.2) is 11.0 Å². The van der Waals surface area contributed by atoms with Crippen molar-refractivity contribution >= 4 is 23.4 Å². The average Bonchev–Trinajstić information content (AvgIpc) is 3.51. The molecule has 1 aliphatic rings. The van der Waals surface area contributed by atoms with Crippen LogP contribution in [0.3, 0.4) is 0 Å². The van der Waals surface area contributed by atoms with Crippen LogP contribution in [0.25, 0.3) is 11.4 Å². The van der Waals surface area contributed by atoms with E-state index in [0.717, 1.165) is 41.5 Å². The molecule has 1 N–H and O–H groups in total. The summed E-state index contributed by atoms with van der Waals surface area (Å²) in [6, 6.07) is 12.3. The third-order valence-corrected chi connectivity index (χ3v) is 6.15. The van der Waals surface area contributed by atoms with E-state index in [9.17, 15) is 4.79 Å². The lowest BCUT2D eigenvalue weighted by molar-refractivity contribution is -0.113. The number of thioether (sulfide) groups is 1. The molecule has 29 heavy (non-hydrogen) atoms. The van der Waals surface area contributed by atoms with E-state index in [1.807, 2.05) is 30.3 Å². The van der Waals surface area contributed by atoms with Gasteiger partial charge in [-0.1, -0.05) is 43.8 Å². The first-order chi connectivity index (χ1) is 14.2. The van der Waals surface area contributed by atoms with Gasteiger partial charge in [-0.25, -0.2) is 0 Å². The number of pyridine rings is 1. The Balaban J connectivity index is 1.46. The fourth-order valence-corrected chi connectivity index (χ4v) is 4.11. The van der Waals surface area contributed by atoms with Crippen LogP contribution in [0, 0.1) is 0 Å². The van der Waals surface area contributed by atoms with Crippen LogP contribution in [0.5, 0.6) is 0 Å². The lowest BCUT2D eigenvalue weighted by Gasteiger charge is -2.15. The van der Waals surface area contributed by atoms with E-state index in [2.05, 4.69) is 45.0 Å². The van der Waals surface area contributed by atoms with Crippen LogP contribution < -0.4 is 5.32 Å². The number of anilines is 1. The summed E-state index contributed by atoms with van der Waals surface area (Å²) in [7, 11) is 0. The molecule has 0 bridgehead atoms. The molecule has 3 aromatic rings. The standard InChI is InChI=1S/C22H25N5OS/c1-3-15(2)18-8-4-5-9-19(18)24-20(28)14-29-22-26-25-21(27(22)17-10-11-17)16-7-6-12-23-13-16/h4-9,12-13,15,17H,3,10-11,14H2,1-2H3,(H,24,28)/t15-/m1/s1. The summed E-state index contributed by atoms with van der Waals surface area (Å²) in [6.45, 7) is 4.33. The van der Waals surface area contributed by atoms with Crippen LogP contribution in [0.2, 0.25) is 0 Å². The molecule has 0 radical (unpaired) electrons. The lowest BCUT2D eigenvalue weighted by Crippen LogP contribution is -2.16. The second-order valence-electron chi connectivity index (χ2n) is 7.38. The molecule has 6 nitrogen and oxygen atoms in total. The fourth-order valence-electron chi connectivity index (χ4n) is 3.31. The smallest absolute Gasteiger partial charge is 0.234 e. The molecule has 2 aromatic heterocycles. The molecule has 0 unspecified atom stereocenters. The highest BCUT2D eigenvalue weighted by Gasteiger charge is 2.30. The molecule has 1 aliphatic carbocycles. The van der Waals surface area contributed by atoms with Crippen molar-refractivity contribution < 1.29 is 4.79 Å². The number of benzene rings is 1. The highest BCUT2D eigenvalue weighted by molar-refractivity contribution is 7.99. The molecule has 0 spiro atoms. The van der Waals surface area contributed by atoms with Crippen molar-refractivity contribution in [2.24, 2.45) is 0 Å². The molecule has 0 aliphatic heterocycles. The highest BCUT2D eigenvalue weighted by Crippen LogP contribution is 2.41. The number of amides is 1. The van der Waals surface area contributed by atoms with Crippen LogP contribution in [-0.2, 0) is 4.79 Å². The number of hydrogen-bond acceptors (Lipinski definition) is 5. The van der Waals surface area contributed by atoms with E-state index in [0.29, 0.717) is 17.7 Å². The van der Waals surface area contributed by atoms with Crippen LogP contribution in [0.1, 0.15) is 50.6 Å². The van der Waals surface area contributed by atoms with Crippen molar-refractivity contribution in [1.82, 2.24) is 19.7 Å². The first-order valence-electron chi connectivity index (χ1n) is 10.0. The molecule has 0 saturated heterocycles. The number of rotatable bonds is 8. The zero-order valence-electron chi connectivity index (χ0n) is 16.7. The van der Waals surface area contributed by atoms with Gasteiger partial charge in [0.1, 0.15) is 0 Å². The Bertz CT molecular complexity index is 984. The summed E-state index contributed by atoms with van der Waals surface area (Å²) >= 11 is 1.44. The van der Waals surface area contributed by atoms with Crippen molar-refractivity contribution in [3.8, 4) is 11.4 Å². The van der Waals surface area contributed by atoms with Crippen LogP contribution in [-0.4, -0.2) is 31.4 Å². The van der Waals surface area contributed by atoms with Crippen molar-refractivity contribution in [2.45, 2.75) is 50.2 Å². The maximum absolute atomic E-state index is 12.6. The normalized spacial score (nSPS) is 14.6. The Morgan fingerprint density at radius 2 is 2.07 bits per heavy atom. The van der Waals surface area contributed by atoms with Gasteiger partial charge in [-0.15, -0.1) is 10.2 Å². The summed E-state index contributed by atoms with van der Waals surface area (Å²) < 4.78 is 2.15. The van der Waals surface area contributed by atoms with Crippen molar-refractivity contribution in [3.05, 3.63) is 54.4 Å². The van der Waals surface area contributed by atoms with Gasteiger partial charge in [-0.3, -0.25) is 14.3 Å². The molecular weight excluding hydrogens is 382 g/mol. The van der Waals surface area contributed by atoms with Gasteiger partial charge >= 0.3 is 0 Å². The maximum Gasteiger partial charge on any atom is 0.234 e. The Hall–Kier alpha value is -2.67. The number of nitrogens with one attached hydrogen (secondary N) is 1. The summed E-state index contributed by atoms with van der Waals surface area (Å²) in [4.78, 5) is 16.8. The van der Waals surface area contributed by atoms with Gasteiger partial charge in [-0.05, 0) is 48.9 Å². The van der Waals surface area contributed by atoms with Crippen molar-refractivity contribution in [2.75, 3.05) is 11.1 Å². The van der Waals surface area contributed by atoms with E-state index in [-0.39, 0.29) is 5.91 Å². The van der Waals surface area contributed by atoms with Crippen LogP contribution >= 0.6 is 11.8 Å². The summed E-state index contributed by atoms with van der Waals surface area (Å²) in [6.07, 6.45) is 6.82. The molecule has 1 aromatic carbocycles.